The van der Waals surface area contributed by atoms with Crippen LogP contribution in [0.2, 0.25) is 0 Å². The zero-order chi connectivity index (χ0) is 19.4. The molecule has 1 aliphatic heterocycles. The molecule has 0 spiro atoms. The maximum absolute atomic E-state index is 13.1. The molecule has 0 aromatic heterocycles. The lowest BCUT2D eigenvalue weighted by Crippen LogP contribution is -2.29. The molecular weight excluding hydrogens is 347 g/mol. The van der Waals surface area contributed by atoms with E-state index in [1.807, 2.05) is 0 Å². The number of fused-ring (bicyclic) bond motifs is 3. The normalized spacial score (nSPS) is 24.3. The van der Waals surface area contributed by atoms with Crippen LogP contribution in [0.15, 0.2) is 54.6 Å². The molecule has 2 aliphatic rings. The second kappa shape index (κ2) is 6.15. The molecule has 1 N–H and O–H groups in total. The molecule has 27 heavy (non-hydrogen) atoms. The third-order valence-corrected chi connectivity index (χ3v) is 5.83. The fourth-order valence-corrected chi connectivity index (χ4v) is 4.29. The van der Waals surface area contributed by atoms with Crippen molar-refractivity contribution in [2.45, 2.75) is 50.7 Å². The summed E-state index contributed by atoms with van der Waals surface area (Å²) >= 11 is 0. The van der Waals surface area contributed by atoms with E-state index in [9.17, 15) is 13.2 Å². The van der Waals surface area contributed by atoms with E-state index in [2.05, 4.69) is 62.5 Å². The number of alkyl halides is 3. The highest BCUT2D eigenvalue weighted by atomic mass is 19.4. The van der Waals surface area contributed by atoms with Crippen LogP contribution in [0.25, 0.3) is 0 Å². The van der Waals surface area contributed by atoms with Crippen molar-refractivity contribution in [3.05, 3.63) is 76.9 Å². The van der Waals surface area contributed by atoms with Gasteiger partial charge in [-0.2, -0.15) is 13.2 Å². The van der Waals surface area contributed by atoms with E-state index < -0.39 is 11.7 Å². The molecule has 142 valence electrons. The van der Waals surface area contributed by atoms with Crippen molar-refractivity contribution in [2.24, 2.45) is 5.92 Å². The van der Waals surface area contributed by atoms with E-state index in [1.54, 1.807) is 6.07 Å². The van der Waals surface area contributed by atoms with Crippen molar-refractivity contribution in [1.29, 1.82) is 0 Å². The third-order valence-electron chi connectivity index (χ3n) is 5.83. The molecule has 0 saturated carbocycles. The molecule has 1 heterocycles. The lowest BCUT2D eigenvalue weighted by Gasteiger charge is -2.38. The molecule has 4 rings (SSSR count). The second-order valence-electron chi connectivity index (χ2n) is 8.65. The molecule has 2 aromatic rings. The Balaban J connectivity index is 1.70. The first-order valence-corrected chi connectivity index (χ1v) is 9.39. The van der Waals surface area contributed by atoms with Gasteiger partial charge in [0, 0.05) is 11.6 Å². The zero-order valence-electron chi connectivity index (χ0n) is 15.8. The highest BCUT2D eigenvalue weighted by molar-refractivity contribution is 5.61. The average Bonchev–Trinajstić information content (AvgIpc) is 3.09. The van der Waals surface area contributed by atoms with Crippen molar-refractivity contribution >= 4 is 5.69 Å². The molecule has 0 bridgehead atoms. The molecule has 1 nitrogen and oxygen atoms in total. The van der Waals surface area contributed by atoms with E-state index in [-0.39, 0.29) is 23.3 Å². The number of hydrogen-bond acceptors (Lipinski definition) is 1. The number of halogens is 3. The van der Waals surface area contributed by atoms with Crippen LogP contribution in [-0.4, -0.2) is 0 Å². The third kappa shape index (κ3) is 3.26. The smallest absolute Gasteiger partial charge is 0.378 e. The van der Waals surface area contributed by atoms with E-state index >= 15 is 0 Å². The van der Waals surface area contributed by atoms with Gasteiger partial charge in [-0.1, -0.05) is 57.2 Å². The maximum Gasteiger partial charge on any atom is 0.416 e. The Kier molecular flexibility index (Phi) is 4.13. The molecule has 0 saturated heterocycles. The number of allylic oxidation sites excluding steroid dienone is 2. The summed E-state index contributed by atoms with van der Waals surface area (Å²) in [6.07, 6.45) is 0.732. The van der Waals surface area contributed by atoms with E-state index in [4.69, 9.17) is 0 Å². The molecule has 0 fully saturated rings. The monoisotopic (exact) mass is 371 g/mol. The molecule has 0 unspecified atom stereocenters. The van der Waals surface area contributed by atoms with Crippen molar-refractivity contribution in [2.75, 3.05) is 5.32 Å². The van der Waals surface area contributed by atoms with Crippen LogP contribution < -0.4 is 5.32 Å². The molecule has 1 aliphatic carbocycles. The summed E-state index contributed by atoms with van der Waals surface area (Å²) in [5.74, 6) is 0.261. The molecule has 0 radical (unpaired) electrons. The Bertz CT molecular complexity index is 872. The van der Waals surface area contributed by atoms with Crippen LogP contribution in [0.1, 0.15) is 61.4 Å². The number of hydrogen-bond donors (Lipinski definition) is 1. The van der Waals surface area contributed by atoms with Gasteiger partial charge >= 0.3 is 6.18 Å². The van der Waals surface area contributed by atoms with Crippen molar-refractivity contribution < 1.29 is 13.2 Å². The highest BCUT2D eigenvalue weighted by Crippen LogP contribution is 2.50. The number of rotatable bonds is 1. The summed E-state index contributed by atoms with van der Waals surface area (Å²) in [5, 5.41) is 3.51. The van der Waals surface area contributed by atoms with Crippen molar-refractivity contribution in [1.82, 2.24) is 0 Å². The Hall–Kier alpha value is -2.23. The first kappa shape index (κ1) is 18.1. The minimum Gasteiger partial charge on any atom is -0.378 e. The minimum absolute atomic E-state index is 0.0239. The summed E-state index contributed by atoms with van der Waals surface area (Å²) in [7, 11) is 0. The van der Waals surface area contributed by atoms with E-state index in [0.717, 1.165) is 17.7 Å². The highest BCUT2D eigenvalue weighted by Gasteiger charge is 2.40. The molecule has 4 heteroatoms. The molecule has 2 aromatic carbocycles. The van der Waals surface area contributed by atoms with Gasteiger partial charge in [-0.15, -0.1) is 0 Å². The molecule has 0 amide bonds. The predicted octanol–water partition coefficient (Wildman–Crippen LogP) is 6.83. The number of benzene rings is 2. The van der Waals surface area contributed by atoms with E-state index in [0.29, 0.717) is 0 Å². The van der Waals surface area contributed by atoms with Crippen LogP contribution in [0, 0.1) is 5.92 Å². The maximum atomic E-state index is 13.1. The van der Waals surface area contributed by atoms with Crippen LogP contribution in [0.4, 0.5) is 18.9 Å². The quantitative estimate of drug-likeness (QED) is 0.542. The summed E-state index contributed by atoms with van der Waals surface area (Å²) in [6, 6.07) is 12.8. The number of nitrogens with one attached hydrogen (secondary N) is 1. The van der Waals surface area contributed by atoms with Gasteiger partial charge in [0.25, 0.3) is 0 Å². The largest absolute Gasteiger partial charge is 0.416 e. The summed E-state index contributed by atoms with van der Waals surface area (Å²) in [4.78, 5) is 0. The number of anilines is 1. The van der Waals surface area contributed by atoms with Crippen molar-refractivity contribution in [3.8, 4) is 0 Å². The Labute approximate surface area is 158 Å². The topological polar surface area (TPSA) is 12.0 Å². The van der Waals surface area contributed by atoms with Gasteiger partial charge in [0.15, 0.2) is 0 Å². The summed E-state index contributed by atoms with van der Waals surface area (Å²) < 4.78 is 39.4. The van der Waals surface area contributed by atoms with Gasteiger partial charge in [0.05, 0.1) is 11.6 Å². The molecule has 3 atom stereocenters. The predicted molar refractivity (Wildman–Crippen MR) is 103 cm³/mol. The minimum atomic E-state index is -4.31. The van der Waals surface area contributed by atoms with Gasteiger partial charge < -0.3 is 5.32 Å². The average molecular weight is 371 g/mol. The van der Waals surface area contributed by atoms with Gasteiger partial charge in [-0.25, -0.2) is 0 Å². The van der Waals surface area contributed by atoms with Gasteiger partial charge in [0.2, 0.25) is 0 Å². The zero-order valence-corrected chi connectivity index (χ0v) is 15.8. The first-order chi connectivity index (χ1) is 12.6. The van der Waals surface area contributed by atoms with Crippen LogP contribution in [0.5, 0.6) is 0 Å². The second-order valence-corrected chi connectivity index (χ2v) is 8.65. The lowest BCUT2D eigenvalue weighted by molar-refractivity contribution is -0.137. The van der Waals surface area contributed by atoms with Gasteiger partial charge in [-0.05, 0) is 52.6 Å². The fourth-order valence-electron chi connectivity index (χ4n) is 4.29. The van der Waals surface area contributed by atoms with Crippen LogP contribution >= 0.6 is 0 Å². The SMILES string of the molecule is CC(C)(C)c1ccc([C@@H]2Nc3ccc(C(F)(F)F)cc3[C@H]3C=CC[C@H]32)cc1. The fraction of sp³-hybridized carbons (Fsp3) is 0.391. The lowest BCUT2D eigenvalue weighted by atomic mass is 9.76. The molecular formula is C23H24F3N. The van der Waals surface area contributed by atoms with Gasteiger partial charge in [-0.3, -0.25) is 0 Å². The Morgan fingerprint density at radius 2 is 1.59 bits per heavy atom. The van der Waals surface area contributed by atoms with E-state index in [1.165, 1.54) is 23.3 Å². The van der Waals surface area contributed by atoms with Crippen molar-refractivity contribution in [3.63, 3.8) is 0 Å². The van der Waals surface area contributed by atoms with Gasteiger partial charge in [0.1, 0.15) is 0 Å². The van der Waals surface area contributed by atoms with Crippen LogP contribution in [-0.2, 0) is 11.6 Å². The summed E-state index contributed by atoms with van der Waals surface area (Å²) in [6.45, 7) is 6.56. The Morgan fingerprint density at radius 1 is 0.926 bits per heavy atom. The first-order valence-electron chi connectivity index (χ1n) is 9.39. The Morgan fingerprint density at radius 3 is 2.22 bits per heavy atom. The van der Waals surface area contributed by atoms with Crippen LogP contribution in [0.3, 0.4) is 0 Å². The standard InChI is InChI=1S/C23H24F3N/c1-22(2,3)15-9-7-14(8-10-15)21-18-6-4-5-17(18)19-13-16(23(24,25)26)11-12-20(19)27-21/h4-5,7-13,17-18,21,27H,6H2,1-3H3/t17-,18+,21-/m0/s1. The summed E-state index contributed by atoms with van der Waals surface area (Å²) in [5.41, 5.74) is 3.55.